The van der Waals surface area contributed by atoms with Gasteiger partial charge in [-0.05, 0) is 61.2 Å². The van der Waals surface area contributed by atoms with E-state index in [1.807, 2.05) is 43.3 Å². The lowest BCUT2D eigenvalue weighted by atomic mass is 10.0. The molecule has 0 spiro atoms. The Labute approximate surface area is 238 Å². The molecule has 202 valence electrons. The van der Waals surface area contributed by atoms with E-state index in [1.54, 1.807) is 14.0 Å². The SMILES string of the molecule is COCc1ccc(C(C)=O)c2sc(C(=O)Nc3ccc4c(CN5CC[C@@H](O)C5)cccc4n3)c(C)c12.Cl.Cl. The number of thiophene rings is 1. The van der Waals surface area contributed by atoms with Crippen LogP contribution in [-0.4, -0.2) is 53.0 Å². The lowest BCUT2D eigenvalue weighted by Gasteiger charge is -2.16. The molecule has 1 fully saturated rings. The first-order chi connectivity index (χ1) is 17.4. The molecule has 5 rings (SSSR count). The number of benzene rings is 2. The van der Waals surface area contributed by atoms with E-state index in [9.17, 15) is 14.7 Å². The van der Waals surface area contributed by atoms with Crippen molar-refractivity contribution in [2.24, 2.45) is 0 Å². The summed E-state index contributed by atoms with van der Waals surface area (Å²) in [4.78, 5) is 33.1. The quantitative estimate of drug-likeness (QED) is 0.272. The Morgan fingerprint density at radius 2 is 1.95 bits per heavy atom. The molecular weight excluding hydrogens is 545 g/mol. The third-order valence-corrected chi connectivity index (χ3v) is 8.08. The van der Waals surface area contributed by atoms with Gasteiger partial charge in [-0.2, -0.15) is 0 Å². The zero-order chi connectivity index (χ0) is 25.4. The van der Waals surface area contributed by atoms with Crippen molar-refractivity contribution in [2.45, 2.75) is 39.5 Å². The maximum atomic E-state index is 13.3. The van der Waals surface area contributed by atoms with E-state index in [2.05, 4.69) is 16.3 Å². The van der Waals surface area contributed by atoms with Gasteiger partial charge in [-0.25, -0.2) is 4.98 Å². The normalized spacial score (nSPS) is 15.3. The maximum Gasteiger partial charge on any atom is 0.267 e. The summed E-state index contributed by atoms with van der Waals surface area (Å²) in [5.74, 6) is 0.190. The number of methoxy groups -OCH3 is 1. The van der Waals surface area contributed by atoms with Crippen molar-refractivity contribution in [3.63, 3.8) is 0 Å². The smallest absolute Gasteiger partial charge is 0.267 e. The Morgan fingerprint density at radius 1 is 1.16 bits per heavy atom. The first-order valence-electron chi connectivity index (χ1n) is 12.0. The van der Waals surface area contributed by atoms with E-state index in [-0.39, 0.29) is 42.6 Å². The van der Waals surface area contributed by atoms with Crippen LogP contribution in [0.3, 0.4) is 0 Å². The van der Waals surface area contributed by atoms with E-state index in [1.165, 1.54) is 11.3 Å². The van der Waals surface area contributed by atoms with Crippen molar-refractivity contribution >= 4 is 74.6 Å². The van der Waals surface area contributed by atoms with Crippen LogP contribution >= 0.6 is 36.2 Å². The number of aliphatic hydroxyl groups excluding tert-OH is 1. The number of fused-ring (bicyclic) bond motifs is 2. The number of halogens is 2. The average molecular weight is 577 g/mol. The summed E-state index contributed by atoms with van der Waals surface area (Å²) in [6, 6.07) is 13.5. The largest absolute Gasteiger partial charge is 0.392 e. The van der Waals surface area contributed by atoms with Crippen molar-refractivity contribution in [1.82, 2.24) is 9.88 Å². The highest BCUT2D eigenvalue weighted by molar-refractivity contribution is 7.21. The van der Waals surface area contributed by atoms with Gasteiger partial charge in [0.05, 0.1) is 23.1 Å². The van der Waals surface area contributed by atoms with Crippen LogP contribution in [0.4, 0.5) is 5.82 Å². The van der Waals surface area contributed by atoms with Gasteiger partial charge in [0.1, 0.15) is 5.82 Å². The first kappa shape index (κ1) is 30.0. The number of aliphatic hydroxyl groups is 1. The monoisotopic (exact) mass is 575 g/mol. The Morgan fingerprint density at radius 3 is 2.63 bits per heavy atom. The average Bonchev–Trinajstić information content (AvgIpc) is 3.42. The zero-order valence-electron chi connectivity index (χ0n) is 21.4. The van der Waals surface area contributed by atoms with Crippen LogP contribution in [-0.2, 0) is 17.9 Å². The Hall–Kier alpha value is -2.59. The fourth-order valence-corrected chi connectivity index (χ4v) is 6.31. The molecule has 2 N–H and O–H groups in total. The third kappa shape index (κ3) is 5.86. The van der Waals surface area contributed by atoms with Gasteiger partial charge in [0.25, 0.3) is 5.91 Å². The van der Waals surface area contributed by atoms with Gasteiger partial charge in [0.15, 0.2) is 5.78 Å². The van der Waals surface area contributed by atoms with Crippen molar-refractivity contribution in [1.29, 1.82) is 0 Å². The summed E-state index contributed by atoms with van der Waals surface area (Å²) in [7, 11) is 1.63. The van der Waals surface area contributed by atoms with E-state index >= 15 is 0 Å². The number of hydrogen-bond acceptors (Lipinski definition) is 7. The van der Waals surface area contributed by atoms with Gasteiger partial charge in [-0.3, -0.25) is 14.5 Å². The van der Waals surface area contributed by atoms with Crippen molar-refractivity contribution in [3.8, 4) is 0 Å². The standard InChI is InChI=1S/C28H29N3O4S.2ClH/c1-16-25-19(15-35-3)7-8-21(17(2)32)27(25)36-26(16)28(34)30-24-10-9-22-18(5-4-6-23(22)29-24)13-31-12-11-20(33)14-31;;/h4-10,20,33H,11-15H2,1-3H3,(H,29,30,34);2*1H/t20-;;/m1../s1. The molecule has 38 heavy (non-hydrogen) atoms. The number of amides is 1. The Bertz CT molecular complexity index is 1490. The molecule has 1 aliphatic rings. The van der Waals surface area contributed by atoms with Crippen LogP contribution in [0, 0.1) is 6.92 Å². The first-order valence-corrected chi connectivity index (χ1v) is 12.8. The highest BCUT2D eigenvalue weighted by Gasteiger charge is 2.23. The molecule has 1 atom stereocenters. The zero-order valence-corrected chi connectivity index (χ0v) is 23.9. The number of β-amino-alcohol motifs (C(OH)–C–C–N with tert-alkyl or cyclic N) is 1. The molecule has 2 aromatic carbocycles. The molecule has 1 saturated heterocycles. The Kier molecular flexibility index (Phi) is 9.86. The van der Waals surface area contributed by atoms with Crippen LogP contribution in [0.25, 0.3) is 21.0 Å². The number of likely N-dealkylation sites (tertiary alicyclic amines) is 1. The summed E-state index contributed by atoms with van der Waals surface area (Å²) in [5.41, 5.74) is 4.35. The fourth-order valence-electron chi connectivity index (χ4n) is 5.00. The van der Waals surface area contributed by atoms with Crippen LogP contribution in [0.1, 0.15) is 50.1 Å². The minimum atomic E-state index is -0.255. The van der Waals surface area contributed by atoms with Crippen molar-refractivity contribution < 1.29 is 19.4 Å². The van der Waals surface area contributed by atoms with Gasteiger partial charge in [0.2, 0.25) is 0 Å². The van der Waals surface area contributed by atoms with E-state index in [4.69, 9.17) is 9.72 Å². The van der Waals surface area contributed by atoms with Crippen LogP contribution < -0.4 is 5.32 Å². The number of anilines is 1. The molecular formula is C28H31Cl2N3O4S. The van der Waals surface area contributed by atoms with Crippen molar-refractivity contribution in [2.75, 3.05) is 25.5 Å². The van der Waals surface area contributed by atoms with E-state index in [0.29, 0.717) is 29.4 Å². The van der Waals surface area contributed by atoms with Crippen LogP contribution in [0.15, 0.2) is 42.5 Å². The highest BCUT2D eigenvalue weighted by Crippen LogP contribution is 2.37. The molecule has 10 heteroatoms. The second-order valence-corrected chi connectivity index (χ2v) is 10.4. The number of ketones is 1. The number of Topliss-reactive ketones (excluding diaryl/α,β-unsaturated/α-hetero) is 1. The number of carbonyl (C=O) groups is 2. The number of pyridine rings is 1. The van der Waals surface area contributed by atoms with Gasteiger partial charge < -0.3 is 15.2 Å². The summed E-state index contributed by atoms with van der Waals surface area (Å²) in [5, 5.41) is 14.7. The summed E-state index contributed by atoms with van der Waals surface area (Å²) in [6.45, 7) is 6.17. The van der Waals surface area contributed by atoms with Gasteiger partial charge in [-0.15, -0.1) is 36.2 Å². The second kappa shape index (κ2) is 12.5. The molecule has 1 aliphatic heterocycles. The molecule has 1 amide bonds. The number of nitrogens with zero attached hydrogens (tertiary/aromatic N) is 2. The fraction of sp³-hybridized carbons (Fsp3) is 0.321. The molecule has 7 nitrogen and oxygen atoms in total. The van der Waals surface area contributed by atoms with Gasteiger partial charge in [-0.1, -0.05) is 18.2 Å². The predicted octanol–water partition coefficient (Wildman–Crippen LogP) is 5.77. The number of nitrogens with one attached hydrogen (secondary N) is 1. The second-order valence-electron chi connectivity index (χ2n) is 9.33. The minimum absolute atomic E-state index is 0. The Balaban J connectivity index is 0.00000200. The molecule has 0 aliphatic carbocycles. The van der Waals surface area contributed by atoms with Crippen molar-refractivity contribution in [3.05, 3.63) is 69.6 Å². The molecule has 0 saturated carbocycles. The lowest BCUT2D eigenvalue weighted by molar-refractivity contribution is 0.101. The number of aromatic nitrogens is 1. The van der Waals surface area contributed by atoms with E-state index < -0.39 is 0 Å². The number of ether oxygens (including phenoxy) is 1. The predicted molar refractivity (Wildman–Crippen MR) is 157 cm³/mol. The number of carbonyl (C=O) groups excluding carboxylic acids is 2. The lowest BCUT2D eigenvalue weighted by Crippen LogP contribution is -2.21. The molecule has 4 aromatic rings. The minimum Gasteiger partial charge on any atom is -0.392 e. The van der Waals surface area contributed by atoms with Crippen LogP contribution in [0.2, 0.25) is 0 Å². The molecule has 0 radical (unpaired) electrons. The summed E-state index contributed by atoms with van der Waals surface area (Å²) in [6.07, 6.45) is 0.548. The summed E-state index contributed by atoms with van der Waals surface area (Å²) < 4.78 is 6.16. The number of aryl methyl sites for hydroxylation is 1. The molecule has 0 unspecified atom stereocenters. The molecule has 3 heterocycles. The number of rotatable bonds is 7. The van der Waals surface area contributed by atoms with Gasteiger partial charge in [0, 0.05) is 47.8 Å². The van der Waals surface area contributed by atoms with E-state index in [0.717, 1.165) is 57.2 Å². The maximum absolute atomic E-state index is 13.3. The summed E-state index contributed by atoms with van der Waals surface area (Å²) >= 11 is 1.33. The highest BCUT2D eigenvalue weighted by atomic mass is 35.5. The topological polar surface area (TPSA) is 91.8 Å². The molecule has 0 bridgehead atoms. The molecule has 2 aromatic heterocycles. The number of hydrogen-bond donors (Lipinski definition) is 2. The van der Waals surface area contributed by atoms with Crippen LogP contribution in [0.5, 0.6) is 0 Å². The van der Waals surface area contributed by atoms with Gasteiger partial charge >= 0.3 is 0 Å². The third-order valence-electron chi connectivity index (χ3n) is 6.75.